The van der Waals surface area contributed by atoms with E-state index in [0.717, 1.165) is 0 Å². The fraction of sp³-hybridized carbons (Fsp3) is 0.400. The molecule has 22 heavy (non-hydrogen) atoms. The zero-order valence-corrected chi connectivity index (χ0v) is 13.7. The molecule has 1 aromatic rings. The Morgan fingerprint density at radius 1 is 1.45 bits per heavy atom. The van der Waals surface area contributed by atoms with Gasteiger partial charge in [-0.15, -0.1) is 6.58 Å². The summed E-state index contributed by atoms with van der Waals surface area (Å²) < 4.78 is 31.0. The van der Waals surface area contributed by atoms with Crippen molar-refractivity contribution in [3.05, 3.63) is 42.5 Å². The van der Waals surface area contributed by atoms with Crippen molar-refractivity contribution in [2.45, 2.75) is 30.9 Å². The van der Waals surface area contributed by atoms with Crippen LogP contribution in [0.2, 0.25) is 0 Å². The van der Waals surface area contributed by atoms with Crippen LogP contribution in [0.3, 0.4) is 0 Å². The van der Waals surface area contributed by atoms with Gasteiger partial charge in [-0.2, -0.15) is 0 Å². The molecular formula is C15H22N2O4S. The van der Waals surface area contributed by atoms with E-state index in [4.69, 9.17) is 4.74 Å². The molecule has 0 bridgehead atoms. The Labute approximate surface area is 131 Å². The van der Waals surface area contributed by atoms with Gasteiger partial charge in [-0.25, -0.2) is 13.1 Å². The summed E-state index contributed by atoms with van der Waals surface area (Å²) in [6, 6.07) is 6.40. The molecule has 0 radical (unpaired) electrons. The summed E-state index contributed by atoms with van der Waals surface area (Å²) in [7, 11) is -2.13. The second kappa shape index (κ2) is 8.67. The Bertz CT molecular complexity index is 614. The highest BCUT2D eigenvalue weighted by Gasteiger charge is 2.14. The predicted octanol–water partition coefficient (Wildman–Crippen LogP) is 1.19. The summed E-state index contributed by atoms with van der Waals surface area (Å²) in [6.45, 7) is 5.92. The molecule has 1 atom stereocenters. The molecule has 1 aromatic carbocycles. The highest BCUT2D eigenvalue weighted by Crippen LogP contribution is 2.11. The van der Waals surface area contributed by atoms with Gasteiger partial charge in [0.05, 0.1) is 11.5 Å². The molecule has 0 aliphatic rings. The zero-order valence-electron chi connectivity index (χ0n) is 12.8. The van der Waals surface area contributed by atoms with Crippen LogP contribution in [-0.2, 0) is 26.1 Å². The van der Waals surface area contributed by atoms with Gasteiger partial charge in [0.15, 0.2) is 0 Å². The van der Waals surface area contributed by atoms with Crippen LogP contribution in [0.5, 0.6) is 0 Å². The number of nitrogens with one attached hydrogen (secondary N) is 2. The number of carbonyl (C=O) groups is 1. The Morgan fingerprint density at radius 3 is 2.82 bits per heavy atom. The van der Waals surface area contributed by atoms with Crippen molar-refractivity contribution < 1.29 is 17.9 Å². The molecule has 0 heterocycles. The number of benzene rings is 1. The SMILES string of the molecule is C=CCCOC(C)C(=O)NCc1cccc(S(=O)(=O)NC)c1. The molecule has 6 nitrogen and oxygen atoms in total. The van der Waals surface area contributed by atoms with Crippen LogP contribution in [0.25, 0.3) is 0 Å². The second-order valence-electron chi connectivity index (χ2n) is 4.66. The van der Waals surface area contributed by atoms with E-state index in [2.05, 4.69) is 16.6 Å². The lowest BCUT2D eigenvalue weighted by Crippen LogP contribution is -2.34. The van der Waals surface area contributed by atoms with Crippen LogP contribution in [0.4, 0.5) is 0 Å². The van der Waals surface area contributed by atoms with Crippen molar-refractivity contribution in [3.63, 3.8) is 0 Å². The number of sulfonamides is 1. The molecule has 1 rings (SSSR count). The van der Waals surface area contributed by atoms with Gasteiger partial charge in [0.25, 0.3) is 0 Å². The molecule has 2 N–H and O–H groups in total. The van der Waals surface area contributed by atoms with Crippen LogP contribution < -0.4 is 10.0 Å². The third-order valence-corrected chi connectivity index (χ3v) is 4.42. The summed E-state index contributed by atoms with van der Waals surface area (Å²) in [6.07, 6.45) is 1.84. The van der Waals surface area contributed by atoms with Gasteiger partial charge in [0.1, 0.15) is 6.10 Å². The number of ether oxygens (including phenoxy) is 1. The number of rotatable bonds is 9. The maximum Gasteiger partial charge on any atom is 0.249 e. The second-order valence-corrected chi connectivity index (χ2v) is 6.55. The number of hydrogen-bond donors (Lipinski definition) is 2. The van der Waals surface area contributed by atoms with Crippen molar-refractivity contribution in [1.29, 1.82) is 0 Å². The van der Waals surface area contributed by atoms with Gasteiger partial charge in [0, 0.05) is 6.54 Å². The predicted molar refractivity (Wildman–Crippen MR) is 84.8 cm³/mol. The molecule has 1 amide bonds. The molecule has 1 unspecified atom stereocenters. The first-order chi connectivity index (χ1) is 10.4. The van der Waals surface area contributed by atoms with Crippen LogP contribution in [0, 0.1) is 0 Å². The highest BCUT2D eigenvalue weighted by atomic mass is 32.2. The molecule has 0 saturated carbocycles. The smallest absolute Gasteiger partial charge is 0.249 e. The van der Waals surface area contributed by atoms with Gasteiger partial charge < -0.3 is 10.1 Å². The van der Waals surface area contributed by atoms with E-state index < -0.39 is 16.1 Å². The first-order valence-corrected chi connectivity index (χ1v) is 8.41. The lowest BCUT2D eigenvalue weighted by Gasteiger charge is -2.13. The van der Waals surface area contributed by atoms with E-state index in [1.54, 1.807) is 25.1 Å². The van der Waals surface area contributed by atoms with Crippen LogP contribution in [-0.4, -0.2) is 34.1 Å². The topological polar surface area (TPSA) is 84.5 Å². The Kier molecular flexibility index (Phi) is 7.23. The average molecular weight is 326 g/mol. The molecule has 122 valence electrons. The molecule has 0 spiro atoms. The van der Waals surface area contributed by atoms with E-state index in [1.165, 1.54) is 19.2 Å². The fourth-order valence-electron chi connectivity index (χ4n) is 1.68. The minimum atomic E-state index is -3.49. The summed E-state index contributed by atoms with van der Waals surface area (Å²) >= 11 is 0. The zero-order chi connectivity index (χ0) is 16.6. The van der Waals surface area contributed by atoms with Crippen molar-refractivity contribution in [2.75, 3.05) is 13.7 Å². The Balaban J connectivity index is 2.59. The van der Waals surface area contributed by atoms with Crippen molar-refractivity contribution >= 4 is 15.9 Å². The summed E-state index contributed by atoms with van der Waals surface area (Å²) in [5, 5.41) is 2.72. The van der Waals surface area contributed by atoms with Crippen molar-refractivity contribution in [1.82, 2.24) is 10.0 Å². The Hall–Kier alpha value is -1.70. The first-order valence-electron chi connectivity index (χ1n) is 6.93. The largest absolute Gasteiger partial charge is 0.368 e. The minimum absolute atomic E-state index is 0.164. The highest BCUT2D eigenvalue weighted by molar-refractivity contribution is 7.89. The molecule has 0 aliphatic carbocycles. The van der Waals surface area contributed by atoms with Crippen LogP contribution >= 0.6 is 0 Å². The third kappa shape index (κ3) is 5.59. The normalized spacial score (nSPS) is 12.6. The maximum absolute atomic E-state index is 11.9. The van der Waals surface area contributed by atoms with Gasteiger partial charge >= 0.3 is 0 Å². The molecule has 0 aliphatic heterocycles. The number of amides is 1. The molecule has 0 fully saturated rings. The maximum atomic E-state index is 11.9. The van der Waals surface area contributed by atoms with Crippen molar-refractivity contribution in [2.24, 2.45) is 0 Å². The van der Waals surface area contributed by atoms with E-state index in [-0.39, 0.29) is 17.3 Å². The average Bonchev–Trinajstić information content (AvgIpc) is 2.53. The van der Waals surface area contributed by atoms with Gasteiger partial charge in [-0.3, -0.25) is 4.79 Å². The quantitative estimate of drug-likeness (QED) is 0.527. The van der Waals surface area contributed by atoms with Crippen molar-refractivity contribution in [3.8, 4) is 0 Å². The van der Waals surface area contributed by atoms with E-state index in [1.807, 2.05) is 0 Å². The molecule has 0 aromatic heterocycles. The fourth-order valence-corrected chi connectivity index (χ4v) is 2.48. The van der Waals surface area contributed by atoms with Gasteiger partial charge in [-0.05, 0) is 38.1 Å². The molecule has 7 heteroatoms. The standard InChI is InChI=1S/C15H22N2O4S/c1-4-5-9-21-12(2)15(18)17-11-13-7-6-8-14(10-13)22(19,20)16-3/h4,6-8,10,12,16H,1,5,9,11H2,2-3H3,(H,17,18). The van der Waals surface area contributed by atoms with E-state index >= 15 is 0 Å². The lowest BCUT2D eigenvalue weighted by molar-refractivity contribution is -0.131. The van der Waals surface area contributed by atoms with Crippen LogP contribution in [0.15, 0.2) is 41.8 Å². The summed E-state index contributed by atoms with van der Waals surface area (Å²) in [5.74, 6) is -0.245. The molecule has 0 saturated heterocycles. The lowest BCUT2D eigenvalue weighted by atomic mass is 10.2. The number of carbonyl (C=O) groups excluding carboxylic acids is 1. The first kappa shape index (κ1) is 18.3. The third-order valence-electron chi connectivity index (χ3n) is 3.00. The van der Waals surface area contributed by atoms with E-state index in [0.29, 0.717) is 18.6 Å². The minimum Gasteiger partial charge on any atom is -0.368 e. The van der Waals surface area contributed by atoms with Gasteiger partial charge in [-0.1, -0.05) is 18.2 Å². The summed E-state index contributed by atoms with van der Waals surface area (Å²) in [5.41, 5.74) is 0.697. The number of hydrogen-bond acceptors (Lipinski definition) is 4. The molecular weight excluding hydrogens is 304 g/mol. The monoisotopic (exact) mass is 326 g/mol. The summed E-state index contributed by atoms with van der Waals surface area (Å²) in [4.78, 5) is 12.0. The van der Waals surface area contributed by atoms with Crippen LogP contribution in [0.1, 0.15) is 18.9 Å². The Morgan fingerprint density at radius 2 is 2.18 bits per heavy atom. The van der Waals surface area contributed by atoms with E-state index in [9.17, 15) is 13.2 Å². The van der Waals surface area contributed by atoms with Gasteiger partial charge in [0.2, 0.25) is 15.9 Å².